The van der Waals surface area contributed by atoms with Gasteiger partial charge in [-0.3, -0.25) is 14.7 Å². The maximum atomic E-state index is 12.4. The van der Waals surface area contributed by atoms with Gasteiger partial charge in [-0.25, -0.2) is 15.3 Å². The number of nitrogens with two attached hydrogens (primary N) is 1. The van der Waals surface area contributed by atoms with Gasteiger partial charge in [0.05, 0.1) is 39.4 Å². The molecular formula is C14H24N6O5. The predicted molar refractivity (Wildman–Crippen MR) is 90.0 cm³/mol. The quantitative estimate of drug-likeness (QED) is 0.200. The topological polar surface area (TPSA) is 144 Å². The van der Waals surface area contributed by atoms with Crippen molar-refractivity contribution in [2.24, 2.45) is 10.7 Å². The highest BCUT2D eigenvalue weighted by atomic mass is 16.8. The first-order valence-corrected chi connectivity index (χ1v) is 7.43. The molecule has 0 spiro atoms. The Balaban J connectivity index is 2.34. The average molecular weight is 356 g/mol. The molecule has 0 unspecified atom stereocenters. The van der Waals surface area contributed by atoms with E-state index in [0.717, 1.165) is 0 Å². The highest BCUT2D eigenvalue weighted by Crippen LogP contribution is 2.12. The van der Waals surface area contributed by atoms with Crippen LogP contribution in [-0.2, 0) is 19.1 Å². The molecule has 1 atom stereocenters. The van der Waals surface area contributed by atoms with Crippen LogP contribution in [0.4, 0.5) is 10.6 Å². The maximum Gasteiger partial charge on any atom is 0.532 e. The second-order valence-electron chi connectivity index (χ2n) is 5.40. The van der Waals surface area contributed by atoms with E-state index < -0.39 is 11.7 Å². The molecule has 0 saturated carbocycles. The number of aromatic nitrogens is 2. The summed E-state index contributed by atoms with van der Waals surface area (Å²) >= 11 is 0. The molecule has 0 saturated heterocycles. The van der Waals surface area contributed by atoms with E-state index in [2.05, 4.69) is 30.0 Å². The number of carbonyl (C=O) groups excluding carboxylic acids is 2. The molecule has 0 aliphatic carbocycles. The van der Waals surface area contributed by atoms with Crippen molar-refractivity contribution < 1.29 is 23.9 Å². The van der Waals surface area contributed by atoms with Crippen LogP contribution in [-0.4, -0.2) is 67.3 Å². The fourth-order valence-electron chi connectivity index (χ4n) is 1.74. The lowest BCUT2D eigenvalue weighted by Gasteiger charge is -2.28. The number of aromatic amines is 1. The second kappa shape index (κ2) is 9.59. The van der Waals surface area contributed by atoms with Gasteiger partial charge in [-0.2, -0.15) is 0 Å². The summed E-state index contributed by atoms with van der Waals surface area (Å²) in [5.74, 6) is 0.600. The third kappa shape index (κ3) is 6.77. The van der Waals surface area contributed by atoms with Gasteiger partial charge in [-0.05, 0) is 13.8 Å². The number of ether oxygens (including phenoxy) is 2. The molecule has 0 aromatic carbocycles. The van der Waals surface area contributed by atoms with Crippen molar-refractivity contribution in [1.29, 1.82) is 0 Å². The number of carbonyl (C=O) groups is 2. The van der Waals surface area contributed by atoms with Crippen LogP contribution in [0.25, 0.3) is 0 Å². The Morgan fingerprint density at radius 2 is 2.24 bits per heavy atom. The highest BCUT2D eigenvalue weighted by Gasteiger charge is 2.32. The van der Waals surface area contributed by atoms with Crippen molar-refractivity contribution >= 4 is 23.7 Å². The van der Waals surface area contributed by atoms with Gasteiger partial charge in [0.25, 0.3) is 0 Å². The van der Waals surface area contributed by atoms with Gasteiger partial charge in [-0.15, -0.1) is 0 Å². The van der Waals surface area contributed by atoms with E-state index in [9.17, 15) is 9.59 Å². The first-order valence-electron chi connectivity index (χ1n) is 7.43. The van der Waals surface area contributed by atoms with Gasteiger partial charge in [0.15, 0.2) is 0 Å². The fourth-order valence-corrected chi connectivity index (χ4v) is 1.74. The van der Waals surface area contributed by atoms with Gasteiger partial charge >= 0.3 is 6.16 Å². The molecule has 11 nitrogen and oxygen atoms in total. The van der Waals surface area contributed by atoms with Crippen LogP contribution < -0.4 is 16.1 Å². The van der Waals surface area contributed by atoms with Crippen LogP contribution >= 0.6 is 0 Å². The van der Waals surface area contributed by atoms with Crippen LogP contribution in [0.15, 0.2) is 17.5 Å². The van der Waals surface area contributed by atoms with Crippen LogP contribution in [0, 0.1) is 0 Å². The van der Waals surface area contributed by atoms with Crippen molar-refractivity contribution in [2.45, 2.75) is 19.4 Å². The molecule has 1 rings (SSSR count). The molecule has 1 aromatic heterocycles. The minimum atomic E-state index is -1.20. The Bertz CT molecular complexity index is 587. The van der Waals surface area contributed by atoms with Crippen LogP contribution in [0.2, 0.25) is 0 Å². The first-order chi connectivity index (χ1) is 11.8. The molecular weight excluding hydrogens is 332 g/mol. The summed E-state index contributed by atoms with van der Waals surface area (Å²) in [7, 11) is 2.79. The minimum Gasteiger partial charge on any atom is -0.436 e. The molecule has 0 radical (unpaired) electrons. The largest absolute Gasteiger partial charge is 0.532 e. The Morgan fingerprint density at radius 1 is 1.52 bits per heavy atom. The van der Waals surface area contributed by atoms with Gasteiger partial charge in [0.2, 0.25) is 5.91 Å². The highest BCUT2D eigenvalue weighted by molar-refractivity contribution is 5.98. The number of anilines is 1. The zero-order chi connectivity index (χ0) is 18.9. The van der Waals surface area contributed by atoms with Crippen molar-refractivity contribution in [3.8, 4) is 0 Å². The molecule has 11 heteroatoms. The summed E-state index contributed by atoms with van der Waals surface area (Å²) in [6, 6.07) is 0. The van der Waals surface area contributed by atoms with E-state index in [-0.39, 0.29) is 19.1 Å². The first kappa shape index (κ1) is 20.4. The normalized spacial score (nSPS) is 13.7. The lowest BCUT2D eigenvalue weighted by molar-refractivity contribution is -0.125. The Labute approximate surface area is 145 Å². The molecule has 1 heterocycles. The third-order valence-electron chi connectivity index (χ3n) is 3.07. The summed E-state index contributed by atoms with van der Waals surface area (Å²) in [5.41, 5.74) is 7.15. The number of hydrogen-bond acceptors (Lipinski definition) is 8. The lowest BCUT2D eigenvalue weighted by Crippen LogP contribution is -2.55. The number of amides is 1. The smallest absolute Gasteiger partial charge is 0.436 e. The fraction of sp³-hybridized carbons (Fsp3) is 0.571. The van der Waals surface area contributed by atoms with Gasteiger partial charge in [-0.1, -0.05) is 0 Å². The van der Waals surface area contributed by atoms with Crippen molar-refractivity contribution in [3.05, 3.63) is 12.5 Å². The molecule has 1 amide bonds. The number of rotatable bonds is 7. The molecule has 25 heavy (non-hydrogen) atoms. The van der Waals surface area contributed by atoms with Gasteiger partial charge < -0.3 is 25.0 Å². The zero-order valence-corrected chi connectivity index (χ0v) is 14.7. The molecule has 0 fully saturated rings. The number of likely N-dealkylation sites (N-methyl/N-ethyl adjacent to an activating group) is 1. The monoisotopic (exact) mass is 356 g/mol. The summed E-state index contributed by atoms with van der Waals surface area (Å²) in [6.07, 6.45) is 2.13. The van der Waals surface area contributed by atoms with Gasteiger partial charge in [0.1, 0.15) is 17.2 Å². The van der Waals surface area contributed by atoms with E-state index in [1.165, 1.54) is 24.5 Å². The number of methoxy groups -OCH3 is 1. The van der Waals surface area contributed by atoms with Crippen LogP contribution in [0.1, 0.15) is 13.8 Å². The van der Waals surface area contributed by atoms with Crippen molar-refractivity contribution in [1.82, 2.24) is 15.4 Å². The molecule has 0 bridgehead atoms. The number of amidine groups is 1. The molecule has 0 aliphatic heterocycles. The van der Waals surface area contributed by atoms with Crippen LogP contribution in [0.5, 0.6) is 0 Å². The van der Waals surface area contributed by atoms with Crippen molar-refractivity contribution in [2.75, 3.05) is 38.8 Å². The number of nitrogens with one attached hydrogen (secondary N) is 2. The predicted octanol–water partition coefficient (Wildman–Crippen LogP) is -0.187. The summed E-state index contributed by atoms with van der Waals surface area (Å²) in [6.45, 7) is 3.75. The van der Waals surface area contributed by atoms with E-state index in [1.807, 2.05) is 0 Å². The third-order valence-corrected chi connectivity index (χ3v) is 3.07. The van der Waals surface area contributed by atoms with E-state index in [1.54, 1.807) is 20.9 Å². The molecule has 0 aliphatic rings. The van der Waals surface area contributed by atoms with Gasteiger partial charge in [0, 0.05) is 7.05 Å². The average Bonchev–Trinajstić information content (AvgIpc) is 3.12. The Kier molecular flexibility index (Phi) is 7.82. The second-order valence-corrected chi connectivity index (χ2v) is 5.40. The SMILES string of the molecule is COC(=O)ONC(C)=NCCOC[C@](C)(N)C(=O)N(C)c1cnc[nH]1. The summed E-state index contributed by atoms with van der Waals surface area (Å²) in [4.78, 5) is 39.8. The minimum absolute atomic E-state index is 0.0188. The maximum absolute atomic E-state index is 12.4. The van der Waals surface area contributed by atoms with Crippen molar-refractivity contribution in [3.63, 3.8) is 0 Å². The number of hydroxylamine groups is 1. The van der Waals surface area contributed by atoms with Crippen LogP contribution in [0.3, 0.4) is 0 Å². The van der Waals surface area contributed by atoms with E-state index in [0.29, 0.717) is 18.2 Å². The number of H-pyrrole nitrogens is 1. The number of aliphatic imine (C=N–C) groups is 1. The number of imidazole rings is 1. The number of nitrogens with zero attached hydrogens (tertiary/aromatic N) is 3. The Hall–Kier alpha value is -2.66. The molecule has 4 N–H and O–H groups in total. The molecule has 140 valence electrons. The molecule has 1 aromatic rings. The van der Waals surface area contributed by atoms with E-state index >= 15 is 0 Å². The van der Waals surface area contributed by atoms with E-state index in [4.69, 9.17) is 10.5 Å². The summed E-state index contributed by atoms with van der Waals surface area (Å²) < 4.78 is 9.71. The zero-order valence-electron chi connectivity index (χ0n) is 14.7. The number of hydrogen-bond donors (Lipinski definition) is 3. The summed E-state index contributed by atoms with van der Waals surface area (Å²) in [5, 5.41) is 0. The Morgan fingerprint density at radius 3 is 2.84 bits per heavy atom. The lowest BCUT2D eigenvalue weighted by atomic mass is 10.0. The standard InChI is InChI=1S/C14H24N6O5/c1-10(19-25-13(22)23-4)17-5-6-24-8-14(2,15)12(21)20(3)11-7-16-9-18-11/h7,9H,5-6,8,15H2,1-4H3,(H,16,18)(H,17,19)/t14-/m0/s1.